The van der Waals surface area contributed by atoms with Crippen LogP contribution < -0.4 is 9.80 Å². The van der Waals surface area contributed by atoms with E-state index in [-0.39, 0.29) is 79.0 Å². The Kier molecular flexibility index (Phi) is 9.91. The molecule has 2 aliphatic heterocycles. The number of aliphatic hydroxyl groups is 1. The molecule has 1 N–H and O–H groups in total. The molecular weight excluding hydrogens is 725 g/mol. The van der Waals surface area contributed by atoms with Crippen LogP contribution in [0.2, 0.25) is 0 Å². The average molecular weight is 756 g/mol. The van der Waals surface area contributed by atoms with Crippen molar-refractivity contribution in [3.05, 3.63) is 99.1 Å². The summed E-state index contributed by atoms with van der Waals surface area (Å²) < 4.78 is 125. The van der Waals surface area contributed by atoms with Gasteiger partial charge in [-0.1, -0.05) is 23.3 Å². The van der Waals surface area contributed by atoms with E-state index in [0.29, 0.717) is 12.1 Å². The number of fused-ring (bicyclic) bond motifs is 2. The van der Waals surface area contributed by atoms with Crippen LogP contribution in [0.5, 0.6) is 0 Å². The molecule has 0 fully saturated rings. The van der Waals surface area contributed by atoms with Crippen molar-refractivity contribution in [3.63, 3.8) is 0 Å². The molecule has 0 aliphatic carbocycles. The molecule has 2 aliphatic rings. The Morgan fingerprint density at radius 3 is 2.02 bits per heavy atom. The van der Waals surface area contributed by atoms with Crippen LogP contribution in [0.1, 0.15) is 73.0 Å². The van der Waals surface area contributed by atoms with Gasteiger partial charge in [0.2, 0.25) is 0 Å². The Hall–Kier alpha value is -5.20. The van der Waals surface area contributed by atoms with Crippen LogP contribution >= 0.6 is 0 Å². The van der Waals surface area contributed by atoms with Gasteiger partial charge in [0.1, 0.15) is 0 Å². The Bertz CT molecular complexity index is 1960. The van der Waals surface area contributed by atoms with E-state index in [4.69, 9.17) is 0 Å². The van der Waals surface area contributed by atoms with Gasteiger partial charge in [-0.05, 0) is 78.1 Å². The monoisotopic (exact) mass is 755 g/mol. The van der Waals surface area contributed by atoms with Crippen molar-refractivity contribution in [2.45, 2.75) is 57.4 Å². The first-order valence-electron chi connectivity index (χ1n) is 16.2. The first kappa shape index (κ1) is 37.6. The molecule has 282 valence electrons. The molecule has 1 atom stereocenters. The van der Waals surface area contributed by atoms with Gasteiger partial charge in [0.15, 0.2) is 0 Å². The molecule has 0 unspecified atom stereocenters. The predicted molar refractivity (Wildman–Crippen MR) is 170 cm³/mol. The topological polar surface area (TPSA) is 108 Å². The highest BCUT2D eigenvalue weighted by atomic mass is 19.4. The molecule has 3 aromatic carbocycles. The highest BCUT2D eigenvalue weighted by molar-refractivity contribution is 6.21. The standard InChI is InChI=1S/C34H30F9N7O3/c1-19-13-25-27(7-4-8-47(11-12-51)28(25)17-26(19)34(41,42)43)49(18-20-14-21(32(35,36)37)16-22(15-20)33(38,39)40)31-44-46-50(45-31)10-9-48-29(52)23-5-2-3-6-24(23)30(48)53/h2-3,5-6,13-17,27,51H,4,7-12,18H2,1H3/t27-/m0/s1. The fraction of sp³-hybridized carbons (Fsp3) is 0.382. The lowest BCUT2D eigenvalue weighted by atomic mass is 9.94. The minimum absolute atomic E-state index is 0.0165. The van der Waals surface area contributed by atoms with Gasteiger partial charge < -0.3 is 14.9 Å². The Balaban J connectivity index is 1.43. The fourth-order valence-electron chi connectivity index (χ4n) is 6.70. The molecule has 53 heavy (non-hydrogen) atoms. The van der Waals surface area contributed by atoms with Gasteiger partial charge in [0.05, 0.1) is 53.6 Å². The zero-order chi connectivity index (χ0) is 38.5. The molecule has 3 heterocycles. The van der Waals surface area contributed by atoms with Crippen molar-refractivity contribution in [1.82, 2.24) is 25.1 Å². The van der Waals surface area contributed by atoms with Gasteiger partial charge in [-0.25, -0.2) is 0 Å². The molecule has 0 bridgehead atoms. The highest BCUT2D eigenvalue weighted by Crippen LogP contribution is 2.44. The summed E-state index contributed by atoms with van der Waals surface area (Å²) in [5.41, 5.74) is -4.05. The number of nitrogens with zero attached hydrogens (tertiary/aromatic N) is 7. The first-order valence-corrected chi connectivity index (χ1v) is 16.2. The maximum Gasteiger partial charge on any atom is 0.416 e. The van der Waals surface area contributed by atoms with E-state index in [9.17, 15) is 54.2 Å². The number of aromatic nitrogens is 4. The lowest BCUT2D eigenvalue weighted by Crippen LogP contribution is -2.33. The number of β-amino-alcohol motifs (C(OH)–C–C–N with tert-alkyl or cyclic N) is 1. The van der Waals surface area contributed by atoms with E-state index in [2.05, 4.69) is 15.4 Å². The molecule has 0 spiro atoms. The number of hydrogen-bond donors (Lipinski definition) is 1. The van der Waals surface area contributed by atoms with Crippen LogP contribution in [0, 0.1) is 6.92 Å². The Morgan fingerprint density at radius 1 is 0.830 bits per heavy atom. The number of halogens is 9. The Labute approximate surface area is 295 Å². The van der Waals surface area contributed by atoms with E-state index < -0.39 is 71.8 Å². The summed E-state index contributed by atoms with van der Waals surface area (Å²) in [6, 6.07) is 8.40. The van der Waals surface area contributed by atoms with Crippen molar-refractivity contribution >= 4 is 23.5 Å². The predicted octanol–water partition coefficient (Wildman–Crippen LogP) is 6.67. The SMILES string of the molecule is Cc1cc2c(cc1C(F)(F)F)N(CCO)CCC[C@@H]2N(Cc1cc(C(F)(F)F)cc(C(F)(F)F)c1)c1nnn(CCN2C(=O)c3ccccc3C2=O)n1. The maximum absolute atomic E-state index is 14.1. The quantitative estimate of drug-likeness (QED) is 0.149. The second kappa shape index (κ2) is 14.0. The molecule has 1 aromatic heterocycles. The van der Waals surface area contributed by atoms with E-state index in [0.717, 1.165) is 15.8 Å². The molecule has 0 saturated carbocycles. The number of rotatable bonds is 9. The highest BCUT2D eigenvalue weighted by Gasteiger charge is 2.40. The number of aryl methyl sites for hydroxylation is 1. The summed E-state index contributed by atoms with van der Waals surface area (Å²) in [7, 11) is 0. The largest absolute Gasteiger partial charge is 0.416 e. The van der Waals surface area contributed by atoms with Crippen molar-refractivity contribution in [3.8, 4) is 0 Å². The summed E-state index contributed by atoms with van der Waals surface area (Å²) in [6.45, 7) is -0.171. The van der Waals surface area contributed by atoms with Gasteiger partial charge in [-0.3, -0.25) is 14.5 Å². The number of carbonyl (C=O) groups is 2. The number of alkyl halides is 9. The second-order valence-corrected chi connectivity index (χ2v) is 12.6. The average Bonchev–Trinajstić information content (AvgIpc) is 3.59. The van der Waals surface area contributed by atoms with Gasteiger partial charge in [0.25, 0.3) is 17.8 Å². The molecule has 10 nitrogen and oxygen atoms in total. The number of tetrazole rings is 1. The number of anilines is 2. The molecule has 6 rings (SSSR count). The fourth-order valence-corrected chi connectivity index (χ4v) is 6.70. The van der Waals surface area contributed by atoms with Gasteiger partial charge in [-0.15, -0.1) is 5.10 Å². The van der Waals surface area contributed by atoms with Gasteiger partial charge in [0, 0.05) is 25.3 Å². The normalized spacial score (nSPS) is 16.5. The van der Waals surface area contributed by atoms with Crippen LogP contribution in [-0.4, -0.2) is 68.3 Å². The summed E-state index contributed by atoms with van der Waals surface area (Å²) in [6.07, 6.45) is -14.7. The summed E-state index contributed by atoms with van der Waals surface area (Å²) in [5.74, 6) is -1.41. The maximum atomic E-state index is 14.1. The van der Waals surface area contributed by atoms with Crippen LogP contribution in [0.4, 0.5) is 51.1 Å². The Morgan fingerprint density at radius 2 is 1.45 bits per heavy atom. The lowest BCUT2D eigenvalue weighted by molar-refractivity contribution is -0.143. The molecular formula is C34H30F9N7O3. The molecule has 2 amide bonds. The first-order chi connectivity index (χ1) is 24.9. The van der Waals surface area contributed by atoms with Crippen LogP contribution in [0.15, 0.2) is 54.6 Å². The van der Waals surface area contributed by atoms with E-state index >= 15 is 0 Å². The molecule has 0 radical (unpaired) electrons. The minimum atomic E-state index is -5.16. The van der Waals surface area contributed by atoms with Gasteiger partial charge in [-0.2, -0.15) is 44.3 Å². The zero-order valence-electron chi connectivity index (χ0n) is 27.7. The second-order valence-electron chi connectivity index (χ2n) is 12.6. The summed E-state index contributed by atoms with van der Waals surface area (Å²) >= 11 is 0. The van der Waals surface area contributed by atoms with E-state index in [1.165, 1.54) is 34.9 Å². The minimum Gasteiger partial charge on any atom is -0.395 e. The van der Waals surface area contributed by atoms with E-state index in [1.807, 2.05) is 0 Å². The zero-order valence-corrected chi connectivity index (χ0v) is 27.7. The van der Waals surface area contributed by atoms with Crippen LogP contribution in [0.3, 0.4) is 0 Å². The number of aliphatic hydroxyl groups excluding tert-OH is 1. The third-order valence-corrected chi connectivity index (χ3v) is 9.13. The molecule has 0 saturated heterocycles. The number of amides is 2. The van der Waals surface area contributed by atoms with Crippen LogP contribution in [0.25, 0.3) is 0 Å². The van der Waals surface area contributed by atoms with E-state index in [1.54, 1.807) is 12.1 Å². The number of hydrogen-bond acceptors (Lipinski definition) is 8. The molecule has 19 heteroatoms. The third kappa shape index (κ3) is 7.65. The van der Waals surface area contributed by atoms with Crippen molar-refractivity contribution < 1.29 is 54.2 Å². The van der Waals surface area contributed by atoms with Crippen molar-refractivity contribution in [2.75, 3.05) is 36.0 Å². The number of benzene rings is 3. The van der Waals surface area contributed by atoms with Gasteiger partial charge >= 0.3 is 18.5 Å². The molecule has 4 aromatic rings. The van der Waals surface area contributed by atoms with Crippen molar-refractivity contribution in [2.24, 2.45) is 0 Å². The van der Waals surface area contributed by atoms with Crippen LogP contribution in [-0.2, 0) is 31.6 Å². The third-order valence-electron chi connectivity index (χ3n) is 9.13. The van der Waals surface area contributed by atoms with Crippen molar-refractivity contribution in [1.29, 1.82) is 0 Å². The summed E-state index contributed by atoms with van der Waals surface area (Å²) in [5, 5.41) is 22.0. The number of carbonyl (C=O) groups excluding carboxylic acids is 2. The number of imide groups is 1. The summed E-state index contributed by atoms with van der Waals surface area (Å²) in [4.78, 5) is 30.5. The lowest BCUT2D eigenvalue weighted by Gasteiger charge is -2.33. The smallest absolute Gasteiger partial charge is 0.395 e.